The lowest BCUT2D eigenvalue weighted by atomic mass is 10.2. The van der Waals surface area contributed by atoms with Gasteiger partial charge in [-0.25, -0.2) is 4.79 Å². The molecule has 0 atom stereocenters. The first-order chi connectivity index (χ1) is 10.5. The van der Waals surface area contributed by atoms with Crippen LogP contribution in [-0.4, -0.2) is 37.7 Å². The van der Waals surface area contributed by atoms with Crippen LogP contribution in [0.2, 0.25) is 18.1 Å². The molecular formula is C15H25BrN2O4Si. The van der Waals surface area contributed by atoms with Crippen LogP contribution in [0, 0.1) is 0 Å². The van der Waals surface area contributed by atoms with Gasteiger partial charge in [0, 0.05) is 10.7 Å². The number of aromatic nitrogens is 1. The Kier molecular flexibility index (Phi) is 7.03. The fraction of sp³-hybridized carbons (Fsp3) is 0.600. The van der Waals surface area contributed by atoms with E-state index in [1.54, 1.807) is 12.3 Å². The van der Waals surface area contributed by atoms with Gasteiger partial charge in [-0.3, -0.25) is 4.98 Å². The highest BCUT2D eigenvalue weighted by atomic mass is 79.9. The van der Waals surface area contributed by atoms with Gasteiger partial charge in [0.25, 0.3) is 0 Å². The normalized spacial score (nSPS) is 12.1. The molecule has 1 aromatic rings. The lowest BCUT2D eigenvalue weighted by molar-refractivity contribution is 0.192. The summed E-state index contributed by atoms with van der Waals surface area (Å²) in [4.78, 5) is 14.8. The van der Waals surface area contributed by atoms with Crippen molar-refractivity contribution < 1.29 is 19.1 Å². The van der Waals surface area contributed by atoms with Crippen LogP contribution in [0.4, 0.5) is 4.79 Å². The minimum atomic E-state index is -1.79. The molecule has 1 aromatic heterocycles. The second-order valence-corrected chi connectivity index (χ2v) is 12.4. The molecule has 0 aliphatic heterocycles. The molecular weight excluding hydrogens is 380 g/mol. The first-order valence-electron chi connectivity index (χ1n) is 7.41. The molecule has 0 unspecified atom stereocenters. The highest BCUT2D eigenvalue weighted by Crippen LogP contribution is 2.36. The zero-order valence-electron chi connectivity index (χ0n) is 14.3. The lowest BCUT2D eigenvalue weighted by Crippen LogP contribution is -2.41. The third-order valence-corrected chi connectivity index (χ3v) is 8.89. The molecule has 1 amide bonds. The molecule has 0 radical (unpaired) electrons. The van der Waals surface area contributed by atoms with Gasteiger partial charge in [-0.1, -0.05) is 20.8 Å². The molecule has 0 spiro atoms. The number of hydrogen-bond donors (Lipinski definition) is 2. The fourth-order valence-corrected chi connectivity index (χ4v) is 2.87. The second kappa shape index (κ2) is 8.12. The quantitative estimate of drug-likeness (QED) is 0.529. The summed E-state index contributed by atoms with van der Waals surface area (Å²) in [7, 11) is -1.79. The van der Waals surface area contributed by atoms with Gasteiger partial charge in [0.05, 0.1) is 13.2 Å². The Morgan fingerprint density at radius 2 is 2.04 bits per heavy atom. The summed E-state index contributed by atoms with van der Waals surface area (Å²) >= 11 is 3.34. The average molecular weight is 405 g/mol. The van der Waals surface area contributed by atoms with Gasteiger partial charge >= 0.3 is 6.09 Å². The van der Waals surface area contributed by atoms with E-state index in [4.69, 9.17) is 14.3 Å². The van der Waals surface area contributed by atoms with Crippen LogP contribution in [0.5, 0.6) is 5.75 Å². The molecule has 0 saturated heterocycles. The van der Waals surface area contributed by atoms with Crippen LogP contribution >= 0.6 is 15.9 Å². The Morgan fingerprint density at radius 3 is 2.61 bits per heavy atom. The van der Waals surface area contributed by atoms with Crippen molar-refractivity contribution in [3.63, 3.8) is 0 Å². The number of ether oxygens (including phenoxy) is 1. The van der Waals surface area contributed by atoms with Crippen LogP contribution in [0.3, 0.4) is 0 Å². The first-order valence-corrected chi connectivity index (χ1v) is 11.1. The summed E-state index contributed by atoms with van der Waals surface area (Å²) < 4.78 is 12.6. The van der Waals surface area contributed by atoms with Gasteiger partial charge in [0.15, 0.2) is 8.32 Å². The maximum Gasteiger partial charge on any atom is 0.404 e. The third-order valence-electron chi connectivity index (χ3n) is 3.91. The number of pyridine rings is 1. The maximum absolute atomic E-state index is 10.6. The SMILES string of the molecule is CC(C)(C)[Si](C)(C)OCCOc1cc(Br)cnc1CNC(=O)O. The Labute approximate surface area is 146 Å². The number of carbonyl (C=O) groups is 1. The average Bonchev–Trinajstić information content (AvgIpc) is 2.41. The molecule has 2 N–H and O–H groups in total. The third kappa shape index (κ3) is 6.48. The van der Waals surface area contributed by atoms with Crippen LogP contribution in [0.15, 0.2) is 16.7 Å². The van der Waals surface area contributed by atoms with Crippen molar-refractivity contribution in [1.82, 2.24) is 10.3 Å². The van der Waals surface area contributed by atoms with Gasteiger partial charge < -0.3 is 19.6 Å². The minimum absolute atomic E-state index is 0.0983. The van der Waals surface area contributed by atoms with Gasteiger partial charge in [-0.15, -0.1) is 0 Å². The van der Waals surface area contributed by atoms with Gasteiger partial charge in [-0.2, -0.15) is 0 Å². The number of nitrogens with zero attached hydrogens (tertiary/aromatic N) is 1. The van der Waals surface area contributed by atoms with Crippen LogP contribution in [0.25, 0.3) is 0 Å². The molecule has 6 nitrogen and oxygen atoms in total. The van der Waals surface area contributed by atoms with Crippen molar-refractivity contribution in [3.05, 3.63) is 22.4 Å². The number of hydrogen-bond acceptors (Lipinski definition) is 4. The van der Waals surface area contributed by atoms with Crippen LogP contribution in [0.1, 0.15) is 26.5 Å². The summed E-state index contributed by atoms with van der Waals surface area (Å²) in [5.74, 6) is 0.548. The number of rotatable bonds is 7. The summed E-state index contributed by atoms with van der Waals surface area (Å²) in [6.07, 6.45) is 0.514. The molecule has 1 rings (SSSR count). The molecule has 0 fully saturated rings. The summed E-state index contributed by atoms with van der Waals surface area (Å²) in [6.45, 7) is 11.9. The van der Waals surface area contributed by atoms with Gasteiger partial charge in [0.2, 0.25) is 0 Å². The van der Waals surface area contributed by atoms with Crippen molar-refractivity contribution in [2.24, 2.45) is 0 Å². The minimum Gasteiger partial charge on any atom is -0.489 e. The Balaban J connectivity index is 2.60. The summed E-state index contributed by atoms with van der Waals surface area (Å²) in [5, 5.41) is 11.1. The molecule has 0 aliphatic rings. The number of nitrogens with one attached hydrogen (secondary N) is 1. The summed E-state index contributed by atoms with van der Waals surface area (Å²) in [5.41, 5.74) is 0.544. The van der Waals surface area contributed by atoms with Crippen molar-refractivity contribution in [2.75, 3.05) is 13.2 Å². The first kappa shape index (κ1) is 19.9. The van der Waals surface area contributed by atoms with Gasteiger partial charge in [-0.05, 0) is 40.1 Å². The Hall–Kier alpha value is -1.12. The van der Waals surface area contributed by atoms with E-state index in [0.29, 0.717) is 24.7 Å². The second-order valence-electron chi connectivity index (χ2n) is 6.71. The number of amides is 1. The van der Waals surface area contributed by atoms with E-state index in [1.165, 1.54) is 0 Å². The van der Waals surface area contributed by atoms with Crippen molar-refractivity contribution >= 4 is 30.3 Å². The standard InChI is InChI=1S/C15H25BrN2O4Si/c1-15(2,3)23(4,5)22-7-6-21-13-8-11(16)9-17-12(13)10-18-14(19)20/h8-9,18H,6-7,10H2,1-5H3,(H,19,20). The highest BCUT2D eigenvalue weighted by molar-refractivity contribution is 9.10. The number of carboxylic acid groups (broad SMARTS) is 1. The molecule has 0 saturated carbocycles. The zero-order valence-corrected chi connectivity index (χ0v) is 16.9. The van der Waals surface area contributed by atoms with E-state index in [9.17, 15) is 4.79 Å². The molecule has 0 aromatic carbocycles. The van der Waals surface area contributed by atoms with Crippen LogP contribution in [-0.2, 0) is 11.0 Å². The van der Waals surface area contributed by atoms with E-state index in [1.807, 2.05) is 0 Å². The molecule has 130 valence electrons. The van der Waals surface area contributed by atoms with Crippen LogP contribution < -0.4 is 10.1 Å². The summed E-state index contributed by atoms with van der Waals surface area (Å²) in [6, 6.07) is 1.78. The van der Waals surface area contributed by atoms with E-state index in [0.717, 1.165) is 4.47 Å². The maximum atomic E-state index is 10.6. The number of halogens is 1. The Bertz CT molecular complexity index is 547. The topological polar surface area (TPSA) is 80.7 Å². The predicted molar refractivity (Wildman–Crippen MR) is 95.4 cm³/mol. The fourth-order valence-electron chi connectivity index (χ4n) is 1.53. The van der Waals surface area contributed by atoms with Gasteiger partial charge in [0.1, 0.15) is 18.1 Å². The van der Waals surface area contributed by atoms with E-state index < -0.39 is 14.4 Å². The van der Waals surface area contributed by atoms with Crippen molar-refractivity contribution in [2.45, 2.75) is 45.4 Å². The van der Waals surface area contributed by atoms with E-state index >= 15 is 0 Å². The largest absolute Gasteiger partial charge is 0.489 e. The highest BCUT2D eigenvalue weighted by Gasteiger charge is 2.36. The molecule has 23 heavy (non-hydrogen) atoms. The van der Waals surface area contributed by atoms with Crippen molar-refractivity contribution in [3.8, 4) is 5.75 Å². The Morgan fingerprint density at radius 1 is 1.39 bits per heavy atom. The molecule has 8 heteroatoms. The van der Waals surface area contributed by atoms with E-state index in [2.05, 4.69) is 60.1 Å². The van der Waals surface area contributed by atoms with E-state index in [-0.39, 0.29) is 11.6 Å². The smallest absolute Gasteiger partial charge is 0.404 e. The molecule has 0 bridgehead atoms. The zero-order chi connectivity index (χ0) is 17.7. The van der Waals surface area contributed by atoms with Crippen molar-refractivity contribution in [1.29, 1.82) is 0 Å². The lowest BCUT2D eigenvalue weighted by Gasteiger charge is -2.36. The molecule has 1 heterocycles. The molecule has 0 aliphatic carbocycles. The predicted octanol–water partition coefficient (Wildman–Crippen LogP) is 4.01. The monoisotopic (exact) mass is 404 g/mol.